The van der Waals surface area contributed by atoms with Gasteiger partial charge in [0.1, 0.15) is 140 Å². The van der Waals surface area contributed by atoms with Gasteiger partial charge in [0, 0.05) is 13.8 Å². The lowest BCUT2D eigenvalue weighted by molar-refractivity contribution is -0.383. The number of hydrogen-bond acceptors (Lipinski definition) is 30. The minimum Gasteiger partial charge on any atom is -0.394 e. The molecule has 0 spiro atoms. The van der Waals surface area contributed by atoms with Gasteiger partial charge in [-0.05, 0) is 6.92 Å². The van der Waals surface area contributed by atoms with Gasteiger partial charge in [-0.15, -0.1) is 0 Å². The average molecular weight is 1060 g/mol. The molecule has 32 nitrogen and oxygen atoms in total. The van der Waals surface area contributed by atoms with Crippen molar-refractivity contribution in [2.45, 2.75) is 205 Å². The van der Waals surface area contributed by atoms with Crippen molar-refractivity contribution >= 4 is 11.8 Å². The van der Waals surface area contributed by atoms with E-state index >= 15 is 0 Å². The van der Waals surface area contributed by atoms with Crippen molar-refractivity contribution in [3.63, 3.8) is 0 Å². The largest absolute Gasteiger partial charge is 0.394 e. The molecule has 0 aliphatic carbocycles. The number of aliphatic hydroxyl groups is 17. The Labute approximate surface area is 408 Å². The van der Waals surface area contributed by atoms with Gasteiger partial charge in [0.15, 0.2) is 37.7 Å². The summed E-state index contributed by atoms with van der Waals surface area (Å²) in [6.45, 7) is -1.30. The Morgan fingerprint density at radius 3 is 1.40 bits per heavy atom. The van der Waals surface area contributed by atoms with E-state index < -0.39 is 229 Å². The standard InChI is InChI=1S/C40H68N2O30/c1-9-19(49)24(54)28(58)38(63-9)71-33-18(42-11(3)48)36(65-13(5-44)21(33)51)62-8-16-22(52)34(30(60)40(68-16)70-32-14(6-45)64-35(61)27(57)26(32)56)72-37-17(41-10(2)47)23(53)31(15(7-46)67-37)69-39-29(59)25(55)20(50)12(4-43)66-39/h9,12-40,43-46,49-61H,4-8H2,1-3H3,(H,41,47)(H,42,48)/t9-,12+,13+,14+,15+,16+,17+,18+,19+,20-,21+,22-,23+,24+,25-,26+,27+,28-,29+,30+,31+,32+,33+,34-,35+,36+,37-,38-,39-,40-/m0/s1. The third kappa shape index (κ3) is 12.6. The monoisotopic (exact) mass is 1060 g/mol. The Balaban J connectivity index is 1.29. The number of nitrogens with one attached hydrogen (secondary N) is 2. The zero-order valence-electron chi connectivity index (χ0n) is 38.8. The summed E-state index contributed by atoms with van der Waals surface area (Å²) >= 11 is 0. The lowest BCUT2D eigenvalue weighted by Gasteiger charge is -2.50. The maximum absolute atomic E-state index is 12.6. The van der Waals surface area contributed by atoms with Crippen LogP contribution in [0.3, 0.4) is 0 Å². The zero-order valence-corrected chi connectivity index (χ0v) is 38.8. The van der Waals surface area contributed by atoms with Crippen LogP contribution in [0.15, 0.2) is 0 Å². The first kappa shape index (κ1) is 59.1. The van der Waals surface area contributed by atoms with E-state index in [9.17, 15) is 96.4 Å². The highest BCUT2D eigenvalue weighted by Crippen LogP contribution is 2.36. The summed E-state index contributed by atoms with van der Waals surface area (Å²) in [6.07, 6.45) is -51.8. The van der Waals surface area contributed by atoms with Crippen LogP contribution in [0.1, 0.15) is 20.8 Å². The minimum atomic E-state index is -2.25. The first-order valence-electron chi connectivity index (χ1n) is 23.0. The van der Waals surface area contributed by atoms with Crippen molar-refractivity contribution in [1.82, 2.24) is 10.6 Å². The number of carbonyl (C=O) groups is 2. The maximum atomic E-state index is 12.6. The Bertz CT molecular complexity index is 1730. The predicted molar refractivity (Wildman–Crippen MR) is 221 cm³/mol. The second kappa shape index (κ2) is 25.3. The van der Waals surface area contributed by atoms with Crippen LogP contribution in [0.2, 0.25) is 0 Å². The first-order chi connectivity index (χ1) is 34.0. The Morgan fingerprint density at radius 2 is 0.819 bits per heavy atom. The molecular formula is C40H68N2O30. The van der Waals surface area contributed by atoms with E-state index in [0.717, 1.165) is 13.8 Å². The molecule has 6 aliphatic rings. The molecule has 6 rings (SSSR count). The Hall–Kier alpha value is -2.18. The lowest BCUT2D eigenvalue weighted by atomic mass is 9.94. The maximum Gasteiger partial charge on any atom is 0.217 e. The summed E-state index contributed by atoms with van der Waals surface area (Å²) in [5.74, 6) is -1.63. The van der Waals surface area contributed by atoms with Gasteiger partial charge in [0.2, 0.25) is 11.8 Å². The minimum absolute atomic E-state index is 0.780. The molecule has 19 N–H and O–H groups in total. The molecule has 0 aromatic heterocycles. The third-order valence-electron chi connectivity index (χ3n) is 13.2. The van der Waals surface area contributed by atoms with Crippen LogP contribution in [0.4, 0.5) is 0 Å². The van der Waals surface area contributed by atoms with Gasteiger partial charge in [0.25, 0.3) is 0 Å². The third-order valence-corrected chi connectivity index (χ3v) is 13.2. The molecule has 6 fully saturated rings. The lowest BCUT2D eigenvalue weighted by Crippen LogP contribution is -2.70. The van der Waals surface area contributed by atoms with Crippen molar-refractivity contribution in [2.24, 2.45) is 0 Å². The molecule has 6 saturated heterocycles. The summed E-state index contributed by atoms with van der Waals surface area (Å²) in [7, 11) is 0. The fraction of sp³-hybridized carbons (Fsp3) is 0.950. The van der Waals surface area contributed by atoms with E-state index in [1.54, 1.807) is 0 Å². The number of rotatable bonds is 17. The van der Waals surface area contributed by atoms with Crippen molar-refractivity contribution in [3.05, 3.63) is 0 Å². The van der Waals surface area contributed by atoms with E-state index in [0.29, 0.717) is 0 Å². The van der Waals surface area contributed by atoms with Gasteiger partial charge >= 0.3 is 0 Å². The summed E-state index contributed by atoms with van der Waals surface area (Å²) in [6, 6.07) is -3.38. The van der Waals surface area contributed by atoms with Gasteiger partial charge < -0.3 is 150 Å². The highest BCUT2D eigenvalue weighted by Gasteiger charge is 2.57. The summed E-state index contributed by atoms with van der Waals surface area (Å²) in [4.78, 5) is 25.2. The van der Waals surface area contributed by atoms with Gasteiger partial charge in [-0.25, -0.2) is 0 Å². The highest BCUT2D eigenvalue weighted by atomic mass is 16.8. The van der Waals surface area contributed by atoms with E-state index in [2.05, 4.69) is 10.6 Å². The second-order valence-corrected chi connectivity index (χ2v) is 18.3. The fourth-order valence-electron chi connectivity index (χ4n) is 9.16. The van der Waals surface area contributed by atoms with Crippen molar-refractivity contribution < 1.29 is 149 Å². The van der Waals surface area contributed by atoms with Crippen LogP contribution in [0.5, 0.6) is 0 Å². The topological polar surface area (TPSA) is 504 Å². The normalized spacial score (nSPS) is 50.3. The molecule has 0 saturated carbocycles. The fourth-order valence-corrected chi connectivity index (χ4v) is 9.16. The number of hydrogen-bond donors (Lipinski definition) is 19. The quantitative estimate of drug-likeness (QED) is 0.0643. The van der Waals surface area contributed by atoms with Gasteiger partial charge in [-0.2, -0.15) is 0 Å². The summed E-state index contributed by atoms with van der Waals surface area (Å²) < 4.78 is 63.1. The number of aliphatic hydroxyl groups excluding tert-OH is 17. The van der Waals surface area contributed by atoms with Crippen LogP contribution >= 0.6 is 0 Å². The second-order valence-electron chi connectivity index (χ2n) is 18.3. The first-order valence-corrected chi connectivity index (χ1v) is 23.0. The van der Waals surface area contributed by atoms with Crippen LogP contribution in [0.25, 0.3) is 0 Å². The van der Waals surface area contributed by atoms with E-state index in [1.165, 1.54) is 6.92 Å². The van der Waals surface area contributed by atoms with Crippen LogP contribution in [0, 0.1) is 0 Å². The molecule has 6 heterocycles. The molecular weight excluding hydrogens is 988 g/mol. The van der Waals surface area contributed by atoms with Crippen LogP contribution in [-0.4, -0.2) is 316 Å². The zero-order chi connectivity index (χ0) is 53.2. The van der Waals surface area contributed by atoms with E-state index in [-0.39, 0.29) is 0 Å². The smallest absolute Gasteiger partial charge is 0.217 e. The van der Waals surface area contributed by atoms with Gasteiger partial charge in [0.05, 0.1) is 39.1 Å². The van der Waals surface area contributed by atoms with Gasteiger partial charge in [-0.3, -0.25) is 9.59 Å². The SMILES string of the molecule is CC(=O)N[C@H]1[C@H](O[C@H]2[C@@H](O)[C@@H](CO[C@@H]3O[C@H](CO)[C@@H](O)[C@H](O[C@@H]4O[C@@H](C)[C@@H](O)[C@@H](O)[C@@H]4O)[C@H]3NC(C)=O)O[C@@H](O[C@H]3[C@H](O)[C@@H](O)[C@H](O)O[C@@H]3CO)[C@@H]2O)O[C@H](CO)[C@@H](O[C@@H]2O[C@H](CO)[C@H](O)[C@H](O)[C@H]2O)[C@@H]1O. The Morgan fingerprint density at radius 1 is 0.389 bits per heavy atom. The molecule has 0 bridgehead atoms. The molecule has 0 unspecified atom stereocenters. The average Bonchev–Trinajstić information content (AvgIpc) is 3.34. The Kier molecular flexibility index (Phi) is 20.8. The molecule has 0 aromatic carbocycles. The van der Waals surface area contributed by atoms with Crippen molar-refractivity contribution in [2.75, 3.05) is 33.0 Å². The van der Waals surface area contributed by atoms with E-state index in [4.69, 9.17) is 52.1 Å². The molecule has 6 aliphatic heterocycles. The molecule has 0 aromatic rings. The van der Waals surface area contributed by atoms with Crippen molar-refractivity contribution in [3.8, 4) is 0 Å². The van der Waals surface area contributed by atoms with Crippen LogP contribution < -0.4 is 10.6 Å². The van der Waals surface area contributed by atoms with Crippen molar-refractivity contribution in [1.29, 1.82) is 0 Å². The number of amides is 2. The van der Waals surface area contributed by atoms with E-state index in [1.807, 2.05) is 0 Å². The predicted octanol–water partition coefficient (Wildman–Crippen LogP) is -12.8. The van der Waals surface area contributed by atoms with Crippen LogP contribution in [-0.2, 0) is 61.7 Å². The molecule has 72 heavy (non-hydrogen) atoms. The molecule has 32 heteroatoms. The number of ether oxygens (including phenoxy) is 11. The molecule has 418 valence electrons. The molecule has 2 amide bonds. The molecule has 30 atom stereocenters. The summed E-state index contributed by atoms with van der Waals surface area (Å²) in [5, 5.41) is 186. The number of carbonyl (C=O) groups excluding carboxylic acids is 2. The molecule has 0 radical (unpaired) electrons. The highest BCUT2D eigenvalue weighted by molar-refractivity contribution is 5.73. The van der Waals surface area contributed by atoms with Gasteiger partial charge in [-0.1, -0.05) is 0 Å². The summed E-state index contributed by atoms with van der Waals surface area (Å²) in [5.41, 5.74) is 0.